The Morgan fingerprint density at radius 2 is 2.15 bits per heavy atom. The number of benzene rings is 2. The second kappa shape index (κ2) is 8.50. The minimum absolute atomic E-state index is 0.0517. The van der Waals surface area contributed by atoms with E-state index >= 15 is 0 Å². The van der Waals surface area contributed by atoms with Crippen LogP contribution in [0.3, 0.4) is 0 Å². The highest BCUT2D eigenvalue weighted by atomic mass is 16.7. The average molecular weight is 373 g/mol. The molecule has 1 aliphatic heterocycles. The number of hydrogen-bond acceptors (Lipinski definition) is 7. The van der Waals surface area contributed by atoms with Gasteiger partial charge >= 0.3 is 5.97 Å². The van der Waals surface area contributed by atoms with Gasteiger partial charge in [-0.1, -0.05) is 12.1 Å². The molecule has 142 valence electrons. The monoisotopic (exact) mass is 373 g/mol. The van der Waals surface area contributed by atoms with Crippen LogP contribution in [0.4, 0.5) is 5.69 Å². The topological polar surface area (TPSA) is 97.1 Å². The molecule has 8 heteroatoms. The molecule has 1 heterocycles. The molecule has 0 bridgehead atoms. The van der Waals surface area contributed by atoms with Crippen molar-refractivity contribution >= 4 is 11.7 Å². The third-order valence-corrected chi connectivity index (χ3v) is 3.94. The van der Waals surface area contributed by atoms with Crippen LogP contribution in [0, 0.1) is 17.0 Å². The van der Waals surface area contributed by atoms with E-state index in [-0.39, 0.29) is 38.7 Å². The molecule has 27 heavy (non-hydrogen) atoms. The number of nitrogens with zero attached hydrogens (tertiary/aromatic N) is 1. The van der Waals surface area contributed by atoms with E-state index in [1.54, 1.807) is 0 Å². The molecule has 0 amide bonds. The number of nitro groups is 1. The lowest BCUT2D eigenvalue weighted by Crippen LogP contribution is -2.15. The Hall–Kier alpha value is -3.13. The van der Waals surface area contributed by atoms with Gasteiger partial charge < -0.3 is 18.9 Å². The molecule has 0 spiro atoms. The normalized spacial score (nSPS) is 12.6. The van der Waals surface area contributed by atoms with Crippen molar-refractivity contribution in [2.45, 2.75) is 26.6 Å². The second-order valence-corrected chi connectivity index (χ2v) is 6.04. The van der Waals surface area contributed by atoms with Crippen LogP contribution in [0.1, 0.15) is 23.1 Å². The van der Waals surface area contributed by atoms with Crippen molar-refractivity contribution in [2.75, 3.05) is 13.4 Å². The molecule has 8 nitrogen and oxygen atoms in total. The molecular formula is C19H19NO7. The number of carbonyl (C=O) groups is 1. The molecule has 2 aromatic rings. The lowest BCUT2D eigenvalue weighted by atomic mass is 10.1. The van der Waals surface area contributed by atoms with Gasteiger partial charge in [-0.05, 0) is 24.6 Å². The molecule has 0 saturated heterocycles. The first-order chi connectivity index (χ1) is 13.0. The van der Waals surface area contributed by atoms with Crippen molar-refractivity contribution in [3.63, 3.8) is 0 Å². The summed E-state index contributed by atoms with van der Waals surface area (Å²) in [6.07, 6.45) is 0.0645. The molecular weight excluding hydrogens is 354 g/mol. The number of fused-ring (bicyclic) bond motifs is 1. The van der Waals surface area contributed by atoms with Crippen molar-refractivity contribution in [1.29, 1.82) is 0 Å². The van der Waals surface area contributed by atoms with Crippen LogP contribution in [-0.4, -0.2) is 24.3 Å². The highest BCUT2D eigenvalue weighted by molar-refractivity contribution is 5.69. The summed E-state index contributed by atoms with van der Waals surface area (Å²) in [5, 5.41) is 11.1. The van der Waals surface area contributed by atoms with Gasteiger partial charge in [-0.25, -0.2) is 0 Å². The predicted octanol–water partition coefficient (Wildman–Crippen LogP) is 3.28. The minimum atomic E-state index is -0.504. The Morgan fingerprint density at radius 3 is 2.93 bits per heavy atom. The van der Waals surface area contributed by atoms with E-state index in [9.17, 15) is 14.9 Å². The number of hydrogen-bond donors (Lipinski definition) is 0. The van der Waals surface area contributed by atoms with Crippen LogP contribution < -0.4 is 9.47 Å². The Labute approximate surface area is 155 Å². The molecule has 0 saturated carbocycles. The fraction of sp³-hybridized carbons (Fsp3) is 0.316. The number of ether oxygens (including phenoxy) is 4. The van der Waals surface area contributed by atoms with Crippen LogP contribution in [0.15, 0.2) is 36.4 Å². The summed E-state index contributed by atoms with van der Waals surface area (Å²) in [6, 6.07) is 10.3. The molecule has 3 rings (SSSR count). The molecule has 0 atom stereocenters. The second-order valence-electron chi connectivity index (χ2n) is 6.04. The van der Waals surface area contributed by atoms with Crippen LogP contribution >= 0.6 is 0 Å². The lowest BCUT2D eigenvalue weighted by molar-refractivity contribution is -0.385. The number of esters is 1. The summed E-state index contributed by atoms with van der Waals surface area (Å²) in [6.45, 7) is 2.28. The fourth-order valence-electron chi connectivity index (χ4n) is 2.68. The zero-order valence-electron chi connectivity index (χ0n) is 14.8. The maximum atomic E-state index is 12.0. The van der Waals surface area contributed by atoms with E-state index < -0.39 is 10.9 Å². The predicted molar refractivity (Wildman–Crippen MR) is 94.5 cm³/mol. The van der Waals surface area contributed by atoms with Crippen molar-refractivity contribution in [2.24, 2.45) is 0 Å². The fourth-order valence-corrected chi connectivity index (χ4v) is 2.68. The van der Waals surface area contributed by atoms with Crippen LogP contribution in [0.25, 0.3) is 0 Å². The van der Waals surface area contributed by atoms with Crippen LogP contribution in [0.5, 0.6) is 11.5 Å². The van der Waals surface area contributed by atoms with Gasteiger partial charge in [-0.3, -0.25) is 14.9 Å². The number of non-ortho nitro benzene ring substituents is 1. The van der Waals surface area contributed by atoms with Crippen molar-refractivity contribution in [3.05, 3.63) is 63.2 Å². The molecule has 0 aliphatic carbocycles. The maximum absolute atomic E-state index is 12.0. The van der Waals surface area contributed by atoms with Gasteiger partial charge in [0.25, 0.3) is 5.69 Å². The summed E-state index contributed by atoms with van der Waals surface area (Å²) < 4.78 is 21.3. The van der Waals surface area contributed by atoms with E-state index in [1.807, 2.05) is 31.2 Å². The molecule has 2 aromatic carbocycles. The van der Waals surface area contributed by atoms with Crippen molar-refractivity contribution in [1.82, 2.24) is 0 Å². The van der Waals surface area contributed by atoms with E-state index in [1.165, 1.54) is 12.1 Å². The summed E-state index contributed by atoms with van der Waals surface area (Å²) in [4.78, 5) is 22.5. The molecule has 1 aliphatic rings. The van der Waals surface area contributed by atoms with Crippen LogP contribution in [-0.2, 0) is 27.5 Å². The maximum Gasteiger partial charge on any atom is 0.309 e. The van der Waals surface area contributed by atoms with Crippen LogP contribution in [0.2, 0.25) is 0 Å². The number of aryl methyl sites for hydroxylation is 1. The van der Waals surface area contributed by atoms with Gasteiger partial charge in [0.15, 0.2) is 6.79 Å². The first-order valence-corrected chi connectivity index (χ1v) is 8.39. The third kappa shape index (κ3) is 4.95. The van der Waals surface area contributed by atoms with E-state index in [2.05, 4.69) is 0 Å². The summed E-state index contributed by atoms with van der Waals surface area (Å²) in [5.74, 6) is 0.689. The average Bonchev–Trinajstić information content (AvgIpc) is 2.66. The Balaban J connectivity index is 1.56. The van der Waals surface area contributed by atoms with E-state index in [4.69, 9.17) is 18.9 Å². The number of carbonyl (C=O) groups excluding carboxylic acids is 1. The zero-order chi connectivity index (χ0) is 19.2. The van der Waals surface area contributed by atoms with Gasteiger partial charge in [0.1, 0.15) is 18.1 Å². The summed E-state index contributed by atoms with van der Waals surface area (Å²) in [5.41, 5.74) is 1.96. The molecule has 0 fully saturated rings. The standard InChI is InChI=1S/C19H19NO7/c1-13-3-2-4-17(7-13)25-6-5-18(21)26-11-15-9-16(20(22)23)8-14-10-24-12-27-19(14)15/h2-4,7-9H,5-6,10-12H2,1H3. The molecule has 0 unspecified atom stereocenters. The Morgan fingerprint density at radius 1 is 1.30 bits per heavy atom. The Kier molecular flexibility index (Phi) is 5.87. The summed E-state index contributed by atoms with van der Waals surface area (Å²) >= 11 is 0. The van der Waals surface area contributed by atoms with Gasteiger partial charge in [-0.2, -0.15) is 0 Å². The van der Waals surface area contributed by atoms with E-state index in [0.29, 0.717) is 22.6 Å². The Bertz CT molecular complexity index is 850. The molecule has 0 radical (unpaired) electrons. The quantitative estimate of drug-likeness (QED) is 0.417. The van der Waals surface area contributed by atoms with E-state index in [0.717, 1.165) is 5.56 Å². The van der Waals surface area contributed by atoms with Gasteiger partial charge in [0, 0.05) is 23.3 Å². The molecule has 0 aromatic heterocycles. The highest BCUT2D eigenvalue weighted by Gasteiger charge is 2.21. The first kappa shape index (κ1) is 18.7. The zero-order valence-corrected chi connectivity index (χ0v) is 14.8. The van der Waals surface area contributed by atoms with Crippen molar-refractivity contribution in [3.8, 4) is 11.5 Å². The number of rotatable bonds is 7. The largest absolute Gasteiger partial charge is 0.493 e. The molecule has 0 N–H and O–H groups in total. The van der Waals surface area contributed by atoms with Gasteiger partial charge in [0.2, 0.25) is 0 Å². The smallest absolute Gasteiger partial charge is 0.309 e. The summed E-state index contributed by atoms with van der Waals surface area (Å²) in [7, 11) is 0. The first-order valence-electron chi connectivity index (χ1n) is 8.39. The third-order valence-electron chi connectivity index (χ3n) is 3.94. The minimum Gasteiger partial charge on any atom is -0.493 e. The highest BCUT2D eigenvalue weighted by Crippen LogP contribution is 2.33. The van der Waals surface area contributed by atoms with Crippen molar-refractivity contribution < 1.29 is 28.7 Å². The SMILES string of the molecule is Cc1cccc(OCCC(=O)OCc2cc([N+](=O)[O-])cc3c2OCOC3)c1. The van der Waals surface area contributed by atoms with Gasteiger partial charge in [0.05, 0.1) is 24.6 Å². The van der Waals surface area contributed by atoms with Gasteiger partial charge in [-0.15, -0.1) is 0 Å². The number of nitro benzene ring substituents is 1. The lowest BCUT2D eigenvalue weighted by Gasteiger charge is -2.20.